The van der Waals surface area contributed by atoms with Crippen LogP contribution in [0.4, 0.5) is 0 Å². The maximum atomic E-state index is 9.89. The number of carboxylic acids is 1. The summed E-state index contributed by atoms with van der Waals surface area (Å²) in [5, 5.41) is 8.14. The molecule has 0 aliphatic heterocycles. The summed E-state index contributed by atoms with van der Waals surface area (Å²) >= 11 is 0. The standard InChI is InChI=1S/C5H9O2.Rf.Rh/c1-3-4(2)5(6)7;;/h3H2,1-2H3,(H,6,7);;/q-1;;. The normalized spacial score (nSPS) is 6.44. The molecule has 4 heteroatoms. The van der Waals surface area contributed by atoms with Gasteiger partial charge in [0.2, 0.25) is 0 Å². The van der Waals surface area contributed by atoms with Crippen molar-refractivity contribution >= 4 is 5.97 Å². The Morgan fingerprint density at radius 1 is 1.67 bits per heavy atom. The van der Waals surface area contributed by atoms with Crippen LogP contribution in [0.3, 0.4) is 0 Å². The van der Waals surface area contributed by atoms with Gasteiger partial charge in [-0.15, -0.1) is 0 Å². The molecule has 0 unspecified atom stereocenters. The van der Waals surface area contributed by atoms with E-state index < -0.39 is 5.97 Å². The molecular formula is C5H9O2RfRh-. The van der Waals surface area contributed by atoms with Crippen molar-refractivity contribution in [2.45, 2.75) is 20.3 Å². The molecule has 0 saturated carbocycles. The van der Waals surface area contributed by atoms with E-state index in [-0.39, 0.29) is 19.5 Å². The Bertz CT molecular complexity index is 77.4. The first-order chi connectivity index (χ1) is 3.18. The van der Waals surface area contributed by atoms with Crippen molar-refractivity contribution in [3.8, 4) is 0 Å². The van der Waals surface area contributed by atoms with E-state index in [1.165, 1.54) is 0 Å². The molecule has 2 nitrogen and oxygen atoms in total. The molecule has 0 fully saturated rings. The minimum Gasteiger partial charge on any atom is -0.503 e. The van der Waals surface area contributed by atoms with E-state index in [1.54, 1.807) is 6.92 Å². The van der Waals surface area contributed by atoms with Crippen LogP contribution in [0.2, 0.25) is 0 Å². The van der Waals surface area contributed by atoms with E-state index in [2.05, 4.69) is 0 Å². The van der Waals surface area contributed by atoms with E-state index >= 15 is 0 Å². The van der Waals surface area contributed by atoms with Crippen molar-refractivity contribution in [1.29, 1.82) is 0 Å². The second-order valence-corrected chi connectivity index (χ2v) is 1.44. The van der Waals surface area contributed by atoms with E-state index in [0.717, 1.165) is 0 Å². The molecule has 1 radical (unpaired) electrons. The topological polar surface area (TPSA) is 37.3 Å². The van der Waals surface area contributed by atoms with E-state index in [4.69, 9.17) is 5.11 Å². The van der Waals surface area contributed by atoms with Gasteiger partial charge in [0.05, 0.1) is 0 Å². The summed E-state index contributed by atoms with van der Waals surface area (Å²) in [5.74, 6) is -0.275. The van der Waals surface area contributed by atoms with Gasteiger partial charge < -0.3 is 5.11 Å². The Morgan fingerprint density at radius 2 is 2.00 bits per heavy atom. The van der Waals surface area contributed by atoms with Gasteiger partial charge >= 0.3 is 0 Å². The van der Waals surface area contributed by atoms with Crippen LogP contribution in [0.1, 0.15) is 20.3 Å². The van der Waals surface area contributed by atoms with Crippen LogP contribution in [0, 0.1) is 5.92 Å². The molecule has 0 atom stereocenters. The molecular weight excluding hydrogens is 462 g/mol. The molecule has 0 aromatic rings. The average molecular weight is 471 g/mol. The zero-order valence-electron chi connectivity index (χ0n) is 5.60. The van der Waals surface area contributed by atoms with Crippen molar-refractivity contribution in [2.24, 2.45) is 0 Å². The number of rotatable bonds is 2. The van der Waals surface area contributed by atoms with E-state index in [1.807, 2.05) is 6.92 Å². The minimum atomic E-state index is -0.789. The van der Waals surface area contributed by atoms with Crippen molar-refractivity contribution < 1.29 is 29.4 Å². The number of hydrogen-bond acceptors (Lipinski definition) is 1. The minimum absolute atomic E-state index is 0. The predicted molar refractivity (Wildman–Crippen MR) is 26.8 cm³/mol. The van der Waals surface area contributed by atoms with Crippen LogP contribution in [-0.2, 0) is 24.3 Å². The molecule has 0 aliphatic rings. The molecule has 0 aliphatic carbocycles. The Morgan fingerprint density at radius 3 is 2.00 bits per heavy atom. The third-order valence-electron chi connectivity index (χ3n) is 0.895. The summed E-state index contributed by atoms with van der Waals surface area (Å²) in [5.41, 5.74) is 0. The quantitative estimate of drug-likeness (QED) is 0.484. The smallest absolute Gasteiger partial charge is 0.166 e. The molecule has 0 rings (SSSR count). The van der Waals surface area contributed by atoms with Gasteiger partial charge in [0.1, 0.15) is 0 Å². The van der Waals surface area contributed by atoms with Crippen LogP contribution >= 0.6 is 0 Å². The summed E-state index contributed by atoms with van der Waals surface area (Å²) in [7, 11) is 0. The van der Waals surface area contributed by atoms with Gasteiger partial charge in [-0.05, 0) is 0 Å². The van der Waals surface area contributed by atoms with Crippen molar-refractivity contribution in [3.63, 3.8) is 0 Å². The van der Waals surface area contributed by atoms with E-state index in [0.29, 0.717) is 12.3 Å². The molecule has 0 aromatic heterocycles. The first kappa shape index (κ1) is 15.7. The number of carbonyl (C=O) groups is 1. The molecule has 0 saturated heterocycles. The average Bonchev–Trinajstić information content (AvgIpc) is 1.65. The third kappa shape index (κ3) is 6.96. The predicted octanol–water partition coefficient (Wildman–Crippen LogP) is 1.07. The fourth-order valence-corrected chi connectivity index (χ4v) is 0.151. The van der Waals surface area contributed by atoms with Crippen molar-refractivity contribution in [1.82, 2.24) is 0 Å². The fraction of sp³-hybridized carbons (Fsp3) is 0.600. The molecule has 0 spiro atoms. The van der Waals surface area contributed by atoms with Gasteiger partial charge in [0, 0.05) is 19.5 Å². The van der Waals surface area contributed by atoms with Crippen LogP contribution in [0.5, 0.6) is 0 Å². The number of carboxylic acid groups (broad SMARTS) is 1. The summed E-state index contributed by atoms with van der Waals surface area (Å²) in [6.07, 6.45) is 0.634. The molecule has 53 valence electrons. The molecule has 0 heterocycles. The van der Waals surface area contributed by atoms with Crippen LogP contribution < -0.4 is 0 Å². The maximum absolute atomic E-state index is 9.89. The Balaban J connectivity index is -0.000000180. The first-order valence-electron chi connectivity index (χ1n) is 2.24. The van der Waals surface area contributed by atoms with Gasteiger partial charge in [-0.2, -0.15) is 13.3 Å². The monoisotopic (exact) mass is 471 g/mol. The first-order valence-corrected chi connectivity index (χ1v) is 2.24. The zero-order chi connectivity index (χ0) is 5.86. The second-order valence-electron chi connectivity index (χ2n) is 1.44. The van der Waals surface area contributed by atoms with Gasteiger partial charge in [-0.3, -0.25) is 10.7 Å². The van der Waals surface area contributed by atoms with Gasteiger partial charge in [-0.25, -0.2) is 0 Å². The summed E-state index contributed by atoms with van der Waals surface area (Å²) in [6.45, 7) is 3.44. The molecule has 1 N–H and O–H groups in total. The van der Waals surface area contributed by atoms with E-state index in [9.17, 15) is 4.79 Å². The fourth-order valence-electron chi connectivity index (χ4n) is 0.151. The van der Waals surface area contributed by atoms with Crippen LogP contribution in [-0.4, -0.2) is 11.1 Å². The number of hydrogen-bond donors (Lipinski definition) is 1. The maximum Gasteiger partial charge on any atom is 0.166 e. The Labute approximate surface area is 62.0 Å². The zero-order valence-corrected chi connectivity index (χ0v) is 13.6. The van der Waals surface area contributed by atoms with Gasteiger partial charge in [0.15, 0.2) is 5.97 Å². The van der Waals surface area contributed by atoms with Gasteiger partial charge in [-0.1, -0.05) is 6.92 Å². The second kappa shape index (κ2) is 6.96. The summed E-state index contributed by atoms with van der Waals surface area (Å²) in [6, 6.07) is 0. The molecule has 0 bridgehead atoms. The Kier molecular flexibility index (Phi) is 12.1. The summed E-state index contributed by atoms with van der Waals surface area (Å²) in [4.78, 5) is 9.89. The number of aliphatic carboxylic acids is 1. The SMILES string of the molecule is CC[C-](C)C(=O)O.[Rf].[Rh]. The molecule has 0 amide bonds. The molecule has 0 aromatic carbocycles. The van der Waals surface area contributed by atoms with Crippen molar-refractivity contribution in [2.75, 3.05) is 0 Å². The van der Waals surface area contributed by atoms with Crippen LogP contribution in [0.15, 0.2) is 0 Å². The molecule has 9 heavy (non-hydrogen) atoms. The van der Waals surface area contributed by atoms with Crippen molar-refractivity contribution in [3.05, 3.63) is 5.92 Å². The summed E-state index contributed by atoms with van der Waals surface area (Å²) < 4.78 is 0. The van der Waals surface area contributed by atoms with Gasteiger partial charge in [0.25, 0.3) is 0 Å². The van der Waals surface area contributed by atoms with Crippen LogP contribution in [0.25, 0.3) is 0 Å². The Hall–Kier alpha value is -1.04. The third-order valence-corrected chi connectivity index (χ3v) is 0.895. The largest absolute Gasteiger partial charge is 0.503 e.